The van der Waals surface area contributed by atoms with Crippen molar-refractivity contribution in [2.75, 3.05) is 19.0 Å². The lowest BCUT2D eigenvalue weighted by Gasteiger charge is -2.19. The summed E-state index contributed by atoms with van der Waals surface area (Å²) in [6, 6.07) is 10.3. The molecular formula is C13H16ClN. The molecule has 0 spiro atoms. The lowest BCUT2D eigenvalue weighted by Crippen LogP contribution is -2.25. The molecule has 0 N–H and O–H groups in total. The summed E-state index contributed by atoms with van der Waals surface area (Å²) in [4.78, 5) is 2.23. The van der Waals surface area contributed by atoms with Gasteiger partial charge in [-0.05, 0) is 12.0 Å². The van der Waals surface area contributed by atoms with Crippen LogP contribution in [0, 0.1) is 12.3 Å². The van der Waals surface area contributed by atoms with Crippen LogP contribution < -0.4 is 0 Å². The second-order valence-corrected chi connectivity index (χ2v) is 3.82. The Hall–Kier alpha value is -0.970. The van der Waals surface area contributed by atoms with E-state index in [-0.39, 0.29) is 0 Å². The Labute approximate surface area is 97.0 Å². The number of benzene rings is 1. The molecule has 0 aliphatic heterocycles. The van der Waals surface area contributed by atoms with Gasteiger partial charge in [0, 0.05) is 19.0 Å². The highest BCUT2D eigenvalue weighted by molar-refractivity contribution is 6.17. The lowest BCUT2D eigenvalue weighted by molar-refractivity contribution is 0.300. The summed E-state index contributed by atoms with van der Waals surface area (Å²) in [5, 5.41) is 0. The van der Waals surface area contributed by atoms with Crippen molar-refractivity contribution >= 4 is 11.6 Å². The lowest BCUT2D eigenvalue weighted by atomic mass is 10.2. The summed E-state index contributed by atoms with van der Waals surface area (Å²) >= 11 is 5.67. The molecule has 80 valence electrons. The van der Waals surface area contributed by atoms with Gasteiger partial charge < -0.3 is 0 Å². The van der Waals surface area contributed by atoms with Crippen LogP contribution in [0.2, 0.25) is 0 Å². The Morgan fingerprint density at radius 1 is 1.27 bits per heavy atom. The van der Waals surface area contributed by atoms with Crippen molar-refractivity contribution in [1.29, 1.82) is 0 Å². The minimum absolute atomic E-state index is 0.686. The Balaban J connectivity index is 2.47. The maximum absolute atomic E-state index is 5.67. The SMILES string of the molecule is C#CCN(CCCCl)Cc1ccccc1. The molecule has 0 saturated heterocycles. The molecule has 0 atom stereocenters. The summed E-state index contributed by atoms with van der Waals surface area (Å²) in [6.45, 7) is 2.55. The molecule has 1 aromatic rings. The number of rotatable bonds is 6. The number of alkyl halides is 1. The first kappa shape index (κ1) is 12.1. The first-order valence-electron chi connectivity index (χ1n) is 5.12. The highest BCUT2D eigenvalue weighted by Crippen LogP contribution is 2.04. The van der Waals surface area contributed by atoms with Gasteiger partial charge in [0.25, 0.3) is 0 Å². The van der Waals surface area contributed by atoms with Crippen LogP contribution in [0.3, 0.4) is 0 Å². The van der Waals surface area contributed by atoms with Crippen molar-refractivity contribution in [1.82, 2.24) is 4.90 Å². The molecular weight excluding hydrogens is 206 g/mol. The van der Waals surface area contributed by atoms with E-state index in [1.165, 1.54) is 5.56 Å². The fraction of sp³-hybridized carbons (Fsp3) is 0.385. The Morgan fingerprint density at radius 2 is 2.00 bits per heavy atom. The number of hydrogen-bond acceptors (Lipinski definition) is 1. The van der Waals surface area contributed by atoms with Gasteiger partial charge in [-0.3, -0.25) is 4.90 Å². The van der Waals surface area contributed by atoms with Crippen molar-refractivity contribution in [3.8, 4) is 12.3 Å². The zero-order valence-corrected chi connectivity index (χ0v) is 9.58. The summed E-state index contributed by atoms with van der Waals surface area (Å²) < 4.78 is 0. The van der Waals surface area contributed by atoms with Crippen molar-refractivity contribution < 1.29 is 0 Å². The van der Waals surface area contributed by atoms with Gasteiger partial charge in [0.2, 0.25) is 0 Å². The number of nitrogens with zero attached hydrogens (tertiary/aromatic N) is 1. The second-order valence-electron chi connectivity index (χ2n) is 3.44. The predicted octanol–water partition coefficient (Wildman–Crippen LogP) is 2.75. The van der Waals surface area contributed by atoms with Crippen molar-refractivity contribution in [2.45, 2.75) is 13.0 Å². The quantitative estimate of drug-likeness (QED) is 0.528. The molecule has 1 aromatic carbocycles. The molecule has 0 fully saturated rings. The Morgan fingerprint density at radius 3 is 2.60 bits per heavy atom. The van der Waals surface area contributed by atoms with Gasteiger partial charge in [-0.1, -0.05) is 36.3 Å². The second kappa shape index (κ2) is 7.34. The molecule has 0 amide bonds. The third kappa shape index (κ3) is 4.88. The average molecular weight is 222 g/mol. The average Bonchev–Trinajstić information content (AvgIpc) is 2.28. The van der Waals surface area contributed by atoms with E-state index < -0.39 is 0 Å². The number of hydrogen-bond donors (Lipinski definition) is 0. The van der Waals surface area contributed by atoms with Crippen LogP contribution in [-0.4, -0.2) is 23.9 Å². The van der Waals surface area contributed by atoms with Gasteiger partial charge in [-0.15, -0.1) is 18.0 Å². The van der Waals surface area contributed by atoms with Crippen LogP contribution in [-0.2, 0) is 6.54 Å². The Kier molecular flexibility index (Phi) is 5.92. The monoisotopic (exact) mass is 221 g/mol. The molecule has 1 nitrogen and oxygen atoms in total. The summed E-state index contributed by atoms with van der Waals surface area (Å²) in [5.74, 6) is 3.37. The van der Waals surface area contributed by atoms with Crippen molar-refractivity contribution in [3.05, 3.63) is 35.9 Å². The van der Waals surface area contributed by atoms with Gasteiger partial charge in [0.1, 0.15) is 0 Å². The first-order valence-corrected chi connectivity index (χ1v) is 5.66. The van der Waals surface area contributed by atoms with Crippen LogP contribution >= 0.6 is 11.6 Å². The van der Waals surface area contributed by atoms with Crippen LogP contribution in [0.1, 0.15) is 12.0 Å². The van der Waals surface area contributed by atoms with Gasteiger partial charge in [0.15, 0.2) is 0 Å². The highest BCUT2D eigenvalue weighted by atomic mass is 35.5. The molecule has 0 saturated carbocycles. The van der Waals surface area contributed by atoms with E-state index in [2.05, 4.69) is 23.0 Å². The van der Waals surface area contributed by atoms with Crippen LogP contribution in [0.15, 0.2) is 30.3 Å². The maximum Gasteiger partial charge on any atom is 0.0601 e. The predicted molar refractivity (Wildman–Crippen MR) is 65.9 cm³/mol. The van der Waals surface area contributed by atoms with Gasteiger partial charge in [0.05, 0.1) is 6.54 Å². The third-order valence-corrected chi connectivity index (χ3v) is 2.44. The molecule has 0 aliphatic rings. The van der Waals surface area contributed by atoms with Gasteiger partial charge in [-0.2, -0.15) is 0 Å². The fourth-order valence-electron chi connectivity index (χ4n) is 1.47. The van der Waals surface area contributed by atoms with E-state index >= 15 is 0 Å². The molecule has 2 heteroatoms. The number of halogens is 1. The van der Waals surface area contributed by atoms with Crippen molar-refractivity contribution in [2.24, 2.45) is 0 Å². The molecule has 0 heterocycles. The minimum atomic E-state index is 0.686. The molecule has 0 aromatic heterocycles. The van der Waals surface area contributed by atoms with E-state index in [0.717, 1.165) is 19.5 Å². The molecule has 1 rings (SSSR count). The minimum Gasteiger partial charge on any atom is -0.288 e. The Bertz CT molecular complexity index is 302. The molecule has 0 aliphatic carbocycles. The standard InChI is InChI=1S/C13H16ClN/c1-2-10-15(11-6-9-14)12-13-7-4-3-5-8-13/h1,3-5,7-8H,6,9-12H2. The summed E-state index contributed by atoms with van der Waals surface area (Å²) in [7, 11) is 0. The fourth-order valence-corrected chi connectivity index (χ4v) is 1.59. The van der Waals surface area contributed by atoms with Crippen molar-refractivity contribution in [3.63, 3.8) is 0 Å². The third-order valence-electron chi connectivity index (χ3n) is 2.17. The van der Waals surface area contributed by atoms with Gasteiger partial charge in [-0.25, -0.2) is 0 Å². The zero-order valence-electron chi connectivity index (χ0n) is 8.82. The summed E-state index contributed by atoms with van der Waals surface area (Å²) in [6.07, 6.45) is 6.31. The van der Waals surface area contributed by atoms with Crippen LogP contribution in [0.4, 0.5) is 0 Å². The molecule has 15 heavy (non-hydrogen) atoms. The topological polar surface area (TPSA) is 3.24 Å². The molecule has 0 unspecified atom stereocenters. The highest BCUT2D eigenvalue weighted by Gasteiger charge is 2.03. The normalized spacial score (nSPS) is 10.2. The van der Waals surface area contributed by atoms with Gasteiger partial charge >= 0.3 is 0 Å². The van der Waals surface area contributed by atoms with E-state index in [4.69, 9.17) is 18.0 Å². The van der Waals surface area contributed by atoms with Crippen LogP contribution in [0.25, 0.3) is 0 Å². The maximum atomic E-state index is 5.67. The molecule has 0 radical (unpaired) electrons. The number of terminal acetylenes is 1. The van der Waals surface area contributed by atoms with E-state index in [0.29, 0.717) is 12.4 Å². The zero-order chi connectivity index (χ0) is 10.9. The van der Waals surface area contributed by atoms with E-state index in [9.17, 15) is 0 Å². The smallest absolute Gasteiger partial charge is 0.0601 e. The van der Waals surface area contributed by atoms with Crippen LogP contribution in [0.5, 0.6) is 0 Å². The van der Waals surface area contributed by atoms with E-state index in [1.807, 2.05) is 18.2 Å². The summed E-state index contributed by atoms with van der Waals surface area (Å²) in [5.41, 5.74) is 1.29. The first-order chi connectivity index (χ1) is 7.36. The largest absolute Gasteiger partial charge is 0.288 e. The van der Waals surface area contributed by atoms with E-state index in [1.54, 1.807) is 0 Å². The molecule has 0 bridgehead atoms.